The molecule has 1 N–H and O–H groups in total. The highest BCUT2D eigenvalue weighted by molar-refractivity contribution is 5.42. The molecule has 2 unspecified atom stereocenters. The maximum atomic E-state index is 10.7. The number of hydrogen-bond donors (Lipinski definition) is 1. The van der Waals surface area contributed by atoms with E-state index in [0.717, 1.165) is 43.6 Å². The molecule has 1 aliphatic carbocycles. The SMILES string of the molecule is CC1CCCC1(O)c1ccc2c(c1)CCO2. The quantitative estimate of drug-likeness (QED) is 0.785. The second-order valence-electron chi connectivity index (χ2n) is 5.14. The molecule has 0 amide bonds. The Morgan fingerprint density at radius 1 is 1.44 bits per heavy atom. The standard InChI is InChI=1S/C14H18O2/c1-10-3-2-7-14(10,15)12-4-5-13-11(9-12)6-8-16-13/h4-5,9-10,15H,2-3,6-8H2,1H3. The van der Waals surface area contributed by atoms with Crippen molar-refractivity contribution in [3.63, 3.8) is 0 Å². The Kier molecular flexibility index (Phi) is 2.21. The van der Waals surface area contributed by atoms with Crippen molar-refractivity contribution in [2.45, 2.75) is 38.2 Å². The molecule has 3 rings (SSSR count). The van der Waals surface area contributed by atoms with Gasteiger partial charge in [-0.1, -0.05) is 13.0 Å². The van der Waals surface area contributed by atoms with Gasteiger partial charge in [0.25, 0.3) is 0 Å². The van der Waals surface area contributed by atoms with Crippen molar-refractivity contribution < 1.29 is 9.84 Å². The van der Waals surface area contributed by atoms with Crippen LogP contribution in [0.4, 0.5) is 0 Å². The molecule has 2 atom stereocenters. The fourth-order valence-corrected chi connectivity index (χ4v) is 3.05. The van der Waals surface area contributed by atoms with E-state index in [0.29, 0.717) is 5.92 Å². The molecule has 1 heterocycles. The van der Waals surface area contributed by atoms with Gasteiger partial charge in [0, 0.05) is 6.42 Å². The van der Waals surface area contributed by atoms with Gasteiger partial charge >= 0.3 is 0 Å². The number of ether oxygens (including phenoxy) is 1. The summed E-state index contributed by atoms with van der Waals surface area (Å²) in [5.74, 6) is 1.37. The molecule has 0 spiro atoms. The van der Waals surface area contributed by atoms with Crippen LogP contribution in [0.1, 0.15) is 37.3 Å². The van der Waals surface area contributed by atoms with Crippen molar-refractivity contribution in [1.82, 2.24) is 0 Å². The zero-order chi connectivity index (χ0) is 11.2. The highest BCUT2D eigenvalue weighted by Crippen LogP contribution is 2.44. The summed E-state index contributed by atoms with van der Waals surface area (Å²) in [4.78, 5) is 0. The summed E-state index contributed by atoms with van der Waals surface area (Å²) in [6.45, 7) is 2.93. The van der Waals surface area contributed by atoms with Crippen molar-refractivity contribution in [3.8, 4) is 5.75 Å². The maximum Gasteiger partial charge on any atom is 0.122 e. The molecule has 2 aliphatic rings. The van der Waals surface area contributed by atoms with Crippen molar-refractivity contribution in [3.05, 3.63) is 29.3 Å². The van der Waals surface area contributed by atoms with E-state index in [1.807, 2.05) is 12.1 Å². The lowest BCUT2D eigenvalue weighted by Gasteiger charge is -2.28. The van der Waals surface area contributed by atoms with Crippen LogP contribution in [0.15, 0.2) is 18.2 Å². The molecule has 0 aromatic heterocycles. The van der Waals surface area contributed by atoms with Gasteiger partial charge < -0.3 is 9.84 Å². The second-order valence-corrected chi connectivity index (χ2v) is 5.14. The van der Waals surface area contributed by atoms with Crippen LogP contribution in [0.25, 0.3) is 0 Å². The van der Waals surface area contributed by atoms with E-state index in [-0.39, 0.29) is 0 Å². The zero-order valence-corrected chi connectivity index (χ0v) is 9.70. The van der Waals surface area contributed by atoms with Crippen LogP contribution >= 0.6 is 0 Å². The molecule has 0 radical (unpaired) electrons. The molecule has 16 heavy (non-hydrogen) atoms. The van der Waals surface area contributed by atoms with Crippen LogP contribution in [0.5, 0.6) is 5.75 Å². The molecule has 1 aliphatic heterocycles. The first-order valence-corrected chi connectivity index (χ1v) is 6.19. The summed E-state index contributed by atoms with van der Waals surface area (Å²) in [6.07, 6.45) is 4.14. The minimum Gasteiger partial charge on any atom is -0.493 e. The zero-order valence-electron chi connectivity index (χ0n) is 9.70. The Labute approximate surface area is 96.2 Å². The minimum atomic E-state index is -0.600. The van der Waals surface area contributed by atoms with Crippen molar-refractivity contribution in [2.24, 2.45) is 5.92 Å². The van der Waals surface area contributed by atoms with Crippen molar-refractivity contribution in [1.29, 1.82) is 0 Å². The smallest absolute Gasteiger partial charge is 0.122 e. The highest BCUT2D eigenvalue weighted by Gasteiger charge is 2.40. The number of aliphatic hydroxyl groups is 1. The predicted octanol–water partition coefficient (Wildman–Crippen LogP) is 2.63. The summed E-state index contributed by atoms with van der Waals surface area (Å²) in [5.41, 5.74) is 1.74. The number of rotatable bonds is 1. The second kappa shape index (κ2) is 3.49. The van der Waals surface area contributed by atoms with E-state index in [1.54, 1.807) is 0 Å². The topological polar surface area (TPSA) is 29.5 Å². The van der Waals surface area contributed by atoms with E-state index in [1.165, 1.54) is 5.56 Å². The van der Waals surface area contributed by atoms with Crippen LogP contribution in [0.3, 0.4) is 0 Å². The third kappa shape index (κ3) is 1.36. The van der Waals surface area contributed by atoms with Crippen LogP contribution in [-0.4, -0.2) is 11.7 Å². The monoisotopic (exact) mass is 218 g/mol. The lowest BCUT2D eigenvalue weighted by atomic mass is 9.84. The highest BCUT2D eigenvalue weighted by atomic mass is 16.5. The van der Waals surface area contributed by atoms with E-state index in [9.17, 15) is 5.11 Å². The lowest BCUT2D eigenvalue weighted by molar-refractivity contribution is 0.00443. The Morgan fingerprint density at radius 2 is 2.31 bits per heavy atom. The Morgan fingerprint density at radius 3 is 3.06 bits per heavy atom. The molecule has 1 fully saturated rings. The third-order valence-electron chi connectivity index (χ3n) is 4.20. The first-order chi connectivity index (χ1) is 7.70. The van der Waals surface area contributed by atoms with Gasteiger partial charge in [-0.3, -0.25) is 0 Å². The molecule has 1 aromatic rings. The van der Waals surface area contributed by atoms with Crippen molar-refractivity contribution in [2.75, 3.05) is 6.61 Å². The van der Waals surface area contributed by atoms with Crippen molar-refractivity contribution >= 4 is 0 Å². The summed E-state index contributed by atoms with van der Waals surface area (Å²) < 4.78 is 5.49. The Bertz CT molecular complexity index is 413. The molecular formula is C14H18O2. The van der Waals surface area contributed by atoms with Gasteiger partial charge in [0.05, 0.1) is 12.2 Å². The van der Waals surface area contributed by atoms with Crippen LogP contribution < -0.4 is 4.74 Å². The first-order valence-electron chi connectivity index (χ1n) is 6.19. The van der Waals surface area contributed by atoms with E-state index in [4.69, 9.17) is 4.74 Å². The van der Waals surface area contributed by atoms with Gasteiger partial charge in [0.15, 0.2) is 0 Å². The largest absolute Gasteiger partial charge is 0.493 e. The normalized spacial score (nSPS) is 32.5. The van der Waals surface area contributed by atoms with Crippen LogP contribution in [-0.2, 0) is 12.0 Å². The van der Waals surface area contributed by atoms with Gasteiger partial charge in [0.1, 0.15) is 5.75 Å². The van der Waals surface area contributed by atoms with Gasteiger partial charge in [0.2, 0.25) is 0 Å². The van der Waals surface area contributed by atoms with Crippen LogP contribution in [0, 0.1) is 5.92 Å². The minimum absolute atomic E-state index is 0.368. The first kappa shape index (κ1) is 10.2. The van der Waals surface area contributed by atoms with Crippen LogP contribution in [0.2, 0.25) is 0 Å². The lowest BCUT2D eigenvalue weighted by Crippen LogP contribution is -2.28. The Balaban J connectivity index is 2.00. The number of fused-ring (bicyclic) bond motifs is 1. The summed E-state index contributed by atoms with van der Waals surface area (Å²) >= 11 is 0. The molecule has 2 heteroatoms. The fraction of sp³-hybridized carbons (Fsp3) is 0.571. The molecule has 1 aromatic carbocycles. The molecular weight excluding hydrogens is 200 g/mol. The molecule has 0 bridgehead atoms. The molecule has 2 nitrogen and oxygen atoms in total. The molecule has 86 valence electrons. The average molecular weight is 218 g/mol. The van der Waals surface area contributed by atoms with E-state index in [2.05, 4.69) is 13.0 Å². The maximum absolute atomic E-state index is 10.7. The Hall–Kier alpha value is -1.02. The van der Waals surface area contributed by atoms with Gasteiger partial charge in [-0.15, -0.1) is 0 Å². The summed E-state index contributed by atoms with van der Waals surface area (Å²) in [7, 11) is 0. The van der Waals surface area contributed by atoms with E-state index < -0.39 is 5.60 Å². The molecule has 0 saturated heterocycles. The van der Waals surface area contributed by atoms with Gasteiger partial charge in [-0.2, -0.15) is 0 Å². The predicted molar refractivity (Wildman–Crippen MR) is 62.6 cm³/mol. The van der Waals surface area contributed by atoms with E-state index >= 15 is 0 Å². The van der Waals surface area contributed by atoms with Gasteiger partial charge in [-0.05, 0) is 48.4 Å². The summed E-state index contributed by atoms with van der Waals surface area (Å²) in [5, 5.41) is 10.7. The molecule has 1 saturated carbocycles. The summed E-state index contributed by atoms with van der Waals surface area (Å²) in [6, 6.07) is 6.19. The number of benzene rings is 1. The fourth-order valence-electron chi connectivity index (χ4n) is 3.05. The third-order valence-corrected chi connectivity index (χ3v) is 4.20. The number of hydrogen-bond acceptors (Lipinski definition) is 2. The average Bonchev–Trinajstić information content (AvgIpc) is 2.86. The van der Waals surface area contributed by atoms with Gasteiger partial charge in [-0.25, -0.2) is 0 Å².